The second-order valence-electron chi connectivity index (χ2n) is 4.40. The lowest BCUT2D eigenvalue weighted by atomic mass is 10.1. The number of hydrogen-bond acceptors (Lipinski definition) is 4. The zero-order valence-electron chi connectivity index (χ0n) is 9.67. The van der Waals surface area contributed by atoms with E-state index in [0.29, 0.717) is 11.7 Å². The zero-order valence-corrected chi connectivity index (χ0v) is 9.67. The summed E-state index contributed by atoms with van der Waals surface area (Å²) < 4.78 is 1.89. The standard InChI is InChI=1S/C12H14N4O/c1-16-5-4-13-12(16)11-14-6-9(7-17)10(15-11)8-2-3-8/h4-6,8,17H,2-3,7H2,1H3. The van der Waals surface area contributed by atoms with Crippen molar-refractivity contribution < 1.29 is 5.11 Å². The van der Waals surface area contributed by atoms with E-state index in [9.17, 15) is 5.11 Å². The summed E-state index contributed by atoms with van der Waals surface area (Å²) in [6.07, 6.45) is 7.63. The fourth-order valence-electron chi connectivity index (χ4n) is 1.94. The molecule has 0 saturated heterocycles. The van der Waals surface area contributed by atoms with Crippen LogP contribution in [-0.4, -0.2) is 24.6 Å². The zero-order chi connectivity index (χ0) is 11.8. The molecule has 0 radical (unpaired) electrons. The normalized spacial score (nSPS) is 15.2. The summed E-state index contributed by atoms with van der Waals surface area (Å²) in [5, 5.41) is 9.27. The van der Waals surface area contributed by atoms with Crippen molar-refractivity contribution in [2.24, 2.45) is 7.05 Å². The van der Waals surface area contributed by atoms with Gasteiger partial charge in [0.2, 0.25) is 0 Å². The van der Waals surface area contributed by atoms with Gasteiger partial charge in [-0.05, 0) is 12.8 Å². The molecule has 1 aliphatic carbocycles. The summed E-state index contributed by atoms with van der Waals surface area (Å²) in [5.41, 5.74) is 1.82. The summed E-state index contributed by atoms with van der Waals surface area (Å²) in [4.78, 5) is 13.1. The molecule has 1 fully saturated rings. The van der Waals surface area contributed by atoms with Gasteiger partial charge in [0.05, 0.1) is 12.3 Å². The molecular weight excluding hydrogens is 216 g/mol. The van der Waals surface area contributed by atoms with E-state index in [4.69, 9.17) is 0 Å². The first kappa shape index (κ1) is 10.4. The minimum atomic E-state index is 0.00663. The van der Waals surface area contributed by atoms with Crippen molar-refractivity contribution in [2.75, 3.05) is 0 Å². The Morgan fingerprint density at radius 1 is 1.41 bits per heavy atom. The van der Waals surface area contributed by atoms with Crippen molar-refractivity contribution in [3.8, 4) is 11.6 Å². The van der Waals surface area contributed by atoms with E-state index in [0.717, 1.165) is 29.9 Å². The van der Waals surface area contributed by atoms with E-state index < -0.39 is 0 Å². The van der Waals surface area contributed by atoms with Gasteiger partial charge in [-0.15, -0.1) is 0 Å². The molecule has 5 heteroatoms. The first-order valence-electron chi connectivity index (χ1n) is 5.74. The molecule has 2 aromatic heterocycles. The Kier molecular flexibility index (Phi) is 2.40. The largest absolute Gasteiger partial charge is 0.392 e. The highest BCUT2D eigenvalue weighted by Gasteiger charge is 2.28. The van der Waals surface area contributed by atoms with Gasteiger partial charge < -0.3 is 9.67 Å². The maximum atomic E-state index is 9.27. The van der Waals surface area contributed by atoms with Crippen molar-refractivity contribution in [1.29, 1.82) is 0 Å². The molecule has 0 unspecified atom stereocenters. The van der Waals surface area contributed by atoms with Gasteiger partial charge >= 0.3 is 0 Å². The third-order valence-electron chi connectivity index (χ3n) is 3.05. The number of hydrogen-bond donors (Lipinski definition) is 1. The van der Waals surface area contributed by atoms with Crippen molar-refractivity contribution >= 4 is 0 Å². The fraction of sp³-hybridized carbons (Fsp3) is 0.417. The van der Waals surface area contributed by atoms with E-state index in [1.54, 1.807) is 12.4 Å². The summed E-state index contributed by atoms with van der Waals surface area (Å²) in [5.74, 6) is 1.90. The van der Waals surface area contributed by atoms with Crippen LogP contribution in [0.5, 0.6) is 0 Å². The molecule has 1 saturated carbocycles. The Hall–Kier alpha value is -1.75. The smallest absolute Gasteiger partial charge is 0.196 e. The van der Waals surface area contributed by atoms with Crippen LogP contribution in [0, 0.1) is 0 Å². The number of rotatable bonds is 3. The molecule has 0 aromatic carbocycles. The molecule has 0 amide bonds. The average molecular weight is 230 g/mol. The maximum absolute atomic E-state index is 9.27. The first-order valence-corrected chi connectivity index (χ1v) is 5.74. The predicted molar refractivity (Wildman–Crippen MR) is 62.1 cm³/mol. The molecule has 88 valence electrons. The molecule has 2 aromatic rings. The highest BCUT2D eigenvalue weighted by molar-refractivity contribution is 5.45. The number of aliphatic hydroxyl groups excluding tert-OH is 1. The minimum Gasteiger partial charge on any atom is -0.392 e. The Morgan fingerprint density at radius 2 is 2.24 bits per heavy atom. The van der Waals surface area contributed by atoms with E-state index >= 15 is 0 Å². The van der Waals surface area contributed by atoms with Crippen LogP contribution in [0.25, 0.3) is 11.6 Å². The molecule has 5 nitrogen and oxygen atoms in total. The summed E-state index contributed by atoms with van der Waals surface area (Å²) >= 11 is 0. The van der Waals surface area contributed by atoms with Gasteiger partial charge in [-0.25, -0.2) is 15.0 Å². The second kappa shape index (κ2) is 3.92. The Bertz CT molecular complexity index is 545. The summed E-state index contributed by atoms with van der Waals surface area (Å²) in [7, 11) is 1.92. The van der Waals surface area contributed by atoms with Crippen molar-refractivity contribution in [3.05, 3.63) is 29.8 Å². The van der Waals surface area contributed by atoms with E-state index in [2.05, 4.69) is 15.0 Å². The van der Waals surface area contributed by atoms with Gasteiger partial charge in [0.1, 0.15) is 0 Å². The third kappa shape index (κ3) is 1.82. The summed E-state index contributed by atoms with van der Waals surface area (Å²) in [6, 6.07) is 0. The lowest BCUT2D eigenvalue weighted by Gasteiger charge is -2.07. The van der Waals surface area contributed by atoms with Crippen LogP contribution in [0.3, 0.4) is 0 Å². The predicted octanol–water partition coefficient (Wildman–Crippen LogP) is 1.25. The van der Waals surface area contributed by atoms with Crippen LogP contribution >= 0.6 is 0 Å². The van der Waals surface area contributed by atoms with Crippen LogP contribution in [0.15, 0.2) is 18.6 Å². The number of aryl methyl sites for hydroxylation is 1. The number of nitrogens with zero attached hydrogens (tertiary/aromatic N) is 4. The molecular formula is C12H14N4O. The van der Waals surface area contributed by atoms with E-state index in [-0.39, 0.29) is 6.61 Å². The number of imidazole rings is 1. The Labute approximate surface area is 99.2 Å². The molecule has 3 rings (SSSR count). The second-order valence-corrected chi connectivity index (χ2v) is 4.40. The fourth-order valence-corrected chi connectivity index (χ4v) is 1.94. The summed E-state index contributed by atoms with van der Waals surface area (Å²) in [6.45, 7) is 0.00663. The molecule has 0 aliphatic heterocycles. The van der Waals surface area contributed by atoms with Crippen molar-refractivity contribution in [3.63, 3.8) is 0 Å². The quantitative estimate of drug-likeness (QED) is 0.861. The van der Waals surface area contributed by atoms with Gasteiger partial charge in [0.15, 0.2) is 11.6 Å². The van der Waals surface area contributed by atoms with Crippen LogP contribution in [0.4, 0.5) is 0 Å². The van der Waals surface area contributed by atoms with Gasteiger partial charge in [0.25, 0.3) is 0 Å². The lowest BCUT2D eigenvalue weighted by Crippen LogP contribution is -2.03. The monoisotopic (exact) mass is 230 g/mol. The molecule has 2 heterocycles. The third-order valence-corrected chi connectivity index (χ3v) is 3.05. The topological polar surface area (TPSA) is 63.8 Å². The molecule has 0 bridgehead atoms. The minimum absolute atomic E-state index is 0.00663. The SMILES string of the molecule is Cn1ccnc1-c1ncc(CO)c(C2CC2)n1. The van der Waals surface area contributed by atoms with Crippen LogP contribution in [0.2, 0.25) is 0 Å². The molecule has 17 heavy (non-hydrogen) atoms. The highest BCUT2D eigenvalue weighted by atomic mass is 16.3. The van der Waals surface area contributed by atoms with Crippen LogP contribution in [0.1, 0.15) is 30.0 Å². The molecule has 0 atom stereocenters. The van der Waals surface area contributed by atoms with Crippen LogP contribution < -0.4 is 0 Å². The van der Waals surface area contributed by atoms with Gasteiger partial charge in [0, 0.05) is 37.1 Å². The number of aromatic nitrogens is 4. The Morgan fingerprint density at radius 3 is 2.82 bits per heavy atom. The maximum Gasteiger partial charge on any atom is 0.196 e. The average Bonchev–Trinajstić information content (AvgIpc) is 3.11. The molecule has 1 N–H and O–H groups in total. The highest BCUT2D eigenvalue weighted by Crippen LogP contribution is 2.40. The number of aliphatic hydroxyl groups is 1. The Balaban J connectivity index is 2.07. The first-order chi connectivity index (χ1) is 8.29. The van der Waals surface area contributed by atoms with Gasteiger partial charge in [-0.1, -0.05) is 0 Å². The van der Waals surface area contributed by atoms with Crippen molar-refractivity contribution in [2.45, 2.75) is 25.4 Å². The van der Waals surface area contributed by atoms with E-state index in [1.807, 2.05) is 17.8 Å². The van der Waals surface area contributed by atoms with Gasteiger partial charge in [-0.3, -0.25) is 0 Å². The van der Waals surface area contributed by atoms with E-state index in [1.165, 1.54) is 0 Å². The molecule has 0 spiro atoms. The van der Waals surface area contributed by atoms with Crippen molar-refractivity contribution in [1.82, 2.24) is 19.5 Å². The van der Waals surface area contributed by atoms with Gasteiger partial charge in [-0.2, -0.15) is 0 Å². The van der Waals surface area contributed by atoms with Crippen LogP contribution in [-0.2, 0) is 13.7 Å². The lowest BCUT2D eigenvalue weighted by molar-refractivity contribution is 0.279. The molecule has 1 aliphatic rings.